The summed E-state index contributed by atoms with van der Waals surface area (Å²) in [6.45, 7) is 10.4. The van der Waals surface area contributed by atoms with Gasteiger partial charge in [-0.1, -0.05) is 37.1 Å². The average molecular weight is 192 g/mol. The van der Waals surface area contributed by atoms with E-state index in [1.54, 1.807) is 0 Å². The lowest BCUT2D eigenvalue weighted by atomic mass is 10.0. The molecule has 1 N–H and O–H groups in total. The zero-order chi connectivity index (χ0) is 11.0. The van der Waals surface area contributed by atoms with Crippen LogP contribution in [0.3, 0.4) is 0 Å². The minimum atomic E-state index is 0.162. The van der Waals surface area contributed by atoms with Crippen molar-refractivity contribution >= 4 is 0 Å². The molecule has 78 valence electrons. The Balaban J connectivity index is 0.000000791. The van der Waals surface area contributed by atoms with Gasteiger partial charge in [0.1, 0.15) is 0 Å². The van der Waals surface area contributed by atoms with Crippen molar-refractivity contribution in [2.45, 2.75) is 33.3 Å². The third-order valence-corrected chi connectivity index (χ3v) is 2.05. The fraction of sp³-hybridized carbons (Fsp3) is 0.385. The molecule has 0 saturated carbocycles. The predicted molar refractivity (Wildman–Crippen MR) is 62.4 cm³/mol. The van der Waals surface area contributed by atoms with E-state index in [2.05, 4.69) is 33.1 Å². The van der Waals surface area contributed by atoms with Crippen molar-refractivity contribution in [1.29, 1.82) is 0 Å². The predicted octanol–water partition coefficient (Wildman–Crippen LogP) is 3.24. The molecule has 0 aromatic heterocycles. The first-order valence-electron chi connectivity index (χ1n) is 4.97. The first-order chi connectivity index (χ1) is 6.77. The van der Waals surface area contributed by atoms with Gasteiger partial charge >= 0.3 is 0 Å². The van der Waals surface area contributed by atoms with Crippen molar-refractivity contribution < 1.29 is 5.11 Å². The summed E-state index contributed by atoms with van der Waals surface area (Å²) < 4.78 is 0. The van der Waals surface area contributed by atoms with Crippen LogP contribution in [0.5, 0.6) is 0 Å². The van der Waals surface area contributed by atoms with E-state index >= 15 is 0 Å². The van der Waals surface area contributed by atoms with E-state index in [4.69, 9.17) is 5.11 Å². The molecule has 1 heteroatoms. The third kappa shape index (κ3) is 3.75. The molecule has 0 aliphatic rings. The van der Waals surface area contributed by atoms with E-state index in [9.17, 15) is 0 Å². The van der Waals surface area contributed by atoms with Gasteiger partial charge in [0.15, 0.2) is 0 Å². The first-order valence-corrected chi connectivity index (χ1v) is 4.97. The van der Waals surface area contributed by atoms with Crippen LogP contribution in [0, 0.1) is 6.92 Å². The SMILES string of the molecule is C=C.CCCc1cc(C)ccc1CO. The van der Waals surface area contributed by atoms with Crippen molar-refractivity contribution in [3.8, 4) is 0 Å². The highest BCUT2D eigenvalue weighted by Gasteiger charge is 1.99. The van der Waals surface area contributed by atoms with Crippen molar-refractivity contribution in [3.63, 3.8) is 0 Å². The molecular weight excluding hydrogens is 172 g/mol. The number of hydrogen-bond donors (Lipinski definition) is 1. The molecule has 0 radical (unpaired) electrons. The summed E-state index contributed by atoms with van der Waals surface area (Å²) in [7, 11) is 0. The van der Waals surface area contributed by atoms with Gasteiger partial charge in [-0.25, -0.2) is 0 Å². The van der Waals surface area contributed by atoms with E-state index in [0.29, 0.717) is 0 Å². The van der Waals surface area contributed by atoms with Gasteiger partial charge in [0.2, 0.25) is 0 Å². The Labute approximate surface area is 87.1 Å². The topological polar surface area (TPSA) is 20.2 Å². The molecule has 14 heavy (non-hydrogen) atoms. The van der Waals surface area contributed by atoms with Gasteiger partial charge in [0.25, 0.3) is 0 Å². The number of rotatable bonds is 3. The molecule has 0 heterocycles. The van der Waals surface area contributed by atoms with E-state index in [1.807, 2.05) is 12.1 Å². The highest BCUT2D eigenvalue weighted by molar-refractivity contribution is 5.31. The average Bonchev–Trinajstić information content (AvgIpc) is 2.22. The molecule has 1 rings (SSSR count). The van der Waals surface area contributed by atoms with Crippen LogP contribution < -0.4 is 0 Å². The molecule has 0 amide bonds. The summed E-state index contributed by atoms with van der Waals surface area (Å²) in [5, 5.41) is 9.04. The van der Waals surface area contributed by atoms with Gasteiger partial charge in [0, 0.05) is 0 Å². The van der Waals surface area contributed by atoms with Crippen molar-refractivity contribution in [2.24, 2.45) is 0 Å². The summed E-state index contributed by atoms with van der Waals surface area (Å²) in [6, 6.07) is 6.22. The zero-order valence-corrected chi connectivity index (χ0v) is 9.21. The molecule has 0 aliphatic carbocycles. The van der Waals surface area contributed by atoms with Crippen LogP contribution >= 0.6 is 0 Å². The van der Waals surface area contributed by atoms with Crippen LogP contribution in [0.1, 0.15) is 30.0 Å². The van der Waals surface area contributed by atoms with Crippen LogP contribution in [0.25, 0.3) is 0 Å². The van der Waals surface area contributed by atoms with E-state index in [0.717, 1.165) is 18.4 Å². The maximum atomic E-state index is 9.04. The zero-order valence-electron chi connectivity index (χ0n) is 9.21. The molecule has 0 aliphatic heterocycles. The normalized spacial score (nSPS) is 9.07. The number of aliphatic hydroxyl groups is 1. The Morgan fingerprint density at radius 2 is 1.86 bits per heavy atom. The first kappa shape index (κ1) is 12.9. The monoisotopic (exact) mass is 192 g/mol. The van der Waals surface area contributed by atoms with Crippen LogP contribution in [0.15, 0.2) is 31.4 Å². The molecule has 0 unspecified atom stereocenters. The maximum Gasteiger partial charge on any atom is 0.0684 e. The summed E-state index contributed by atoms with van der Waals surface area (Å²) in [5.41, 5.74) is 3.64. The molecule has 1 aromatic carbocycles. The van der Waals surface area contributed by atoms with Crippen LogP contribution in [0.2, 0.25) is 0 Å². The Hall–Kier alpha value is -1.08. The Morgan fingerprint density at radius 1 is 1.21 bits per heavy atom. The second kappa shape index (κ2) is 7.34. The second-order valence-electron chi connectivity index (χ2n) is 3.18. The molecule has 0 atom stereocenters. The Morgan fingerprint density at radius 3 is 2.36 bits per heavy atom. The fourth-order valence-corrected chi connectivity index (χ4v) is 1.41. The van der Waals surface area contributed by atoms with Gasteiger partial charge < -0.3 is 5.11 Å². The number of benzene rings is 1. The van der Waals surface area contributed by atoms with Gasteiger partial charge in [0.05, 0.1) is 6.61 Å². The largest absolute Gasteiger partial charge is 0.392 e. The molecule has 0 bridgehead atoms. The Bertz CT molecular complexity index is 266. The smallest absolute Gasteiger partial charge is 0.0684 e. The molecule has 1 nitrogen and oxygen atoms in total. The highest BCUT2D eigenvalue weighted by Crippen LogP contribution is 2.13. The van der Waals surface area contributed by atoms with E-state index in [-0.39, 0.29) is 6.61 Å². The molecule has 0 saturated heterocycles. The van der Waals surface area contributed by atoms with Crippen LogP contribution in [0.4, 0.5) is 0 Å². The summed E-state index contributed by atoms with van der Waals surface area (Å²) >= 11 is 0. The van der Waals surface area contributed by atoms with Gasteiger partial charge in [-0.05, 0) is 24.5 Å². The maximum absolute atomic E-state index is 9.04. The quantitative estimate of drug-likeness (QED) is 0.729. The summed E-state index contributed by atoms with van der Waals surface area (Å²) in [5.74, 6) is 0. The lowest BCUT2D eigenvalue weighted by molar-refractivity contribution is 0.280. The van der Waals surface area contributed by atoms with Crippen molar-refractivity contribution in [2.75, 3.05) is 0 Å². The Kier molecular flexibility index (Phi) is 6.77. The fourth-order valence-electron chi connectivity index (χ4n) is 1.41. The summed E-state index contributed by atoms with van der Waals surface area (Å²) in [4.78, 5) is 0. The van der Waals surface area contributed by atoms with Crippen LogP contribution in [-0.2, 0) is 13.0 Å². The molecule has 0 spiro atoms. The second-order valence-corrected chi connectivity index (χ2v) is 3.18. The lowest BCUT2D eigenvalue weighted by Gasteiger charge is -2.06. The van der Waals surface area contributed by atoms with Crippen molar-refractivity contribution in [3.05, 3.63) is 48.0 Å². The standard InChI is InChI=1S/C11H16O.C2H4/c1-3-4-10-7-9(2)5-6-11(10)8-12;1-2/h5-7,12H,3-4,8H2,1-2H3;1-2H2. The van der Waals surface area contributed by atoms with Gasteiger partial charge in [-0.3, -0.25) is 0 Å². The molecule has 1 aromatic rings. The molecule has 0 fully saturated rings. The van der Waals surface area contributed by atoms with Gasteiger partial charge in [-0.15, -0.1) is 13.2 Å². The van der Waals surface area contributed by atoms with Crippen molar-refractivity contribution in [1.82, 2.24) is 0 Å². The minimum Gasteiger partial charge on any atom is -0.392 e. The number of aryl methyl sites for hydroxylation is 2. The number of hydrogen-bond acceptors (Lipinski definition) is 1. The number of aliphatic hydroxyl groups excluding tert-OH is 1. The minimum absolute atomic E-state index is 0.162. The van der Waals surface area contributed by atoms with E-state index in [1.165, 1.54) is 11.1 Å². The van der Waals surface area contributed by atoms with E-state index < -0.39 is 0 Å². The molecular formula is C13H20O. The van der Waals surface area contributed by atoms with Crippen LogP contribution in [-0.4, -0.2) is 5.11 Å². The lowest BCUT2D eigenvalue weighted by Crippen LogP contribution is -1.94. The van der Waals surface area contributed by atoms with Gasteiger partial charge in [-0.2, -0.15) is 0 Å². The summed E-state index contributed by atoms with van der Waals surface area (Å²) in [6.07, 6.45) is 2.20. The third-order valence-electron chi connectivity index (χ3n) is 2.05. The highest BCUT2D eigenvalue weighted by atomic mass is 16.3.